The molecule has 0 heterocycles. The first-order valence-corrected chi connectivity index (χ1v) is 2.95. The van der Waals surface area contributed by atoms with Crippen LogP contribution in [-0.4, -0.2) is 22.4 Å². The van der Waals surface area contributed by atoms with Crippen LogP contribution < -0.4 is 0 Å². The van der Waals surface area contributed by atoms with Gasteiger partial charge < -0.3 is 10.2 Å². The van der Waals surface area contributed by atoms with Crippen LogP contribution in [0, 0.1) is 0 Å². The van der Waals surface area contributed by atoms with E-state index in [1.165, 1.54) is 0 Å². The third-order valence-electron chi connectivity index (χ3n) is 1.41. The lowest BCUT2D eigenvalue weighted by atomic mass is 10.0. The number of aliphatic hydroxyl groups is 2. The van der Waals surface area contributed by atoms with Crippen LogP contribution in [-0.2, 0) is 0 Å². The Kier molecular flexibility index (Phi) is 3.02. The number of rotatable bonds is 3. The SMILES string of the molecule is CC[C@](C)(O)CCO. The second kappa shape index (κ2) is 3.05. The number of aliphatic hydroxyl groups excluding tert-OH is 1. The maximum absolute atomic E-state index is 9.16. The summed E-state index contributed by atoms with van der Waals surface area (Å²) >= 11 is 0. The highest BCUT2D eigenvalue weighted by Crippen LogP contribution is 2.11. The van der Waals surface area contributed by atoms with Gasteiger partial charge in [0.2, 0.25) is 0 Å². The molecule has 2 nitrogen and oxygen atoms in total. The third kappa shape index (κ3) is 2.99. The van der Waals surface area contributed by atoms with Gasteiger partial charge in [-0.2, -0.15) is 0 Å². The average Bonchev–Trinajstić information content (AvgIpc) is 1.67. The zero-order valence-electron chi connectivity index (χ0n) is 5.52. The fourth-order valence-electron chi connectivity index (χ4n) is 0.418. The predicted molar refractivity (Wildman–Crippen MR) is 32.6 cm³/mol. The Balaban J connectivity index is 3.37. The molecule has 0 radical (unpaired) electrons. The van der Waals surface area contributed by atoms with Crippen molar-refractivity contribution >= 4 is 0 Å². The molecule has 8 heavy (non-hydrogen) atoms. The largest absolute Gasteiger partial charge is 0.396 e. The molecule has 50 valence electrons. The van der Waals surface area contributed by atoms with Gasteiger partial charge in [0.1, 0.15) is 0 Å². The van der Waals surface area contributed by atoms with Gasteiger partial charge in [-0.3, -0.25) is 0 Å². The molecule has 0 fully saturated rings. The number of hydrogen-bond donors (Lipinski definition) is 2. The molecule has 0 aromatic carbocycles. The van der Waals surface area contributed by atoms with Crippen LogP contribution in [0.1, 0.15) is 26.7 Å². The first-order valence-electron chi connectivity index (χ1n) is 2.95. The van der Waals surface area contributed by atoms with Crippen LogP contribution in [0.5, 0.6) is 0 Å². The molecular formula is C6H14O2. The fraction of sp³-hybridized carbons (Fsp3) is 1.00. The van der Waals surface area contributed by atoms with E-state index in [2.05, 4.69) is 0 Å². The molecule has 0 bridgehead atoms. The summed E-state index contributed by atoms with van der Waals surface area (Å²) in [6.45, 7) is 3.69. The van der Waals surface area contributed by atoms with E-state index in [-0.39, 0.29) is 6.61 Å². The van der Waals surface area contributed by atoms with Gasteiger partial charge in [-0.25, -0.2) is 0 Å². The van der Waals surface area contributed by atoms with E-state index < -0.39 is 5.60 Å². The molecule has 1 atom stereocenters. The van der Waals surface area contributed by atoms with Crippen molar-refractivity contribution in [1.82, 2.24) is 0 Å². The summed E-state index contributed by atoms with van der Waals surface area (Å²) in [6.07, 6.45) is 1.18. The van der Waals surface area contributed by atoms with Gasteiger partial charge in [-0.15, -0.1) is 0 Å². The van der Waals surface area contributed by atoms with Crippen molar-refractivity contribution in [2.24, 2.45) is 0 Å². The van der Waals surface area contributed by atoms with Crippen molar-refractivity contribution in [3.63, 3.8) is 0 Å². The van der Waals surface area contributed by atoms with E-state index >= 15 is 0 Å². The predicted octanol–water partition coefficient (Wildman–Crippen LogP) is 0.530. The highest BCUT2D eigenvalue weighted by atomic mass is 16.3. The van der Waals surface area contributed by atoms with Crippen LogP contribution in [0.4, 0.5) is 0 Å². The molecule has 0 aliphatic carbocycles. The van der Waals surface area contributed by atoms with Crippen LogP contribution in [0.25, 0.3) is 0 Å². The van der Waals surface area contributed by atoms with Gasteiger partial charge >= 0.3 is 0 Å². The smallest absolute Gasteiger partial charge is 0.0639 e. The maximum atomic E-state index is 9.16. The molecule has 0 saturated carbocycles. The lowest BCUT2D eigenvalue weighted by Gasteiger charge is -2.18. The second-order valence-corrected chi connectivity index (χ2v) is 2.32. The summed E-state index contributed by atoms with van der Waals surface area (Å²) in [4.78, 5) is 0. The summed E-state index contributed by atoms with van der Waals surface area (Å²) in [6, 6.07) is 0. The lowest BCUT2D eigenvalue weighted by molar-refractivity contribution is 0.0300. The normalized spacial score (nSPS) is 18.0. The summed E-state index contributed by atoms with van der Waals surface area (Å²) in [5, 5.41) is 17.5. The molecule has 0 aliphatic heterocycles. The summed E-state index contributed by atoms with van der Waals surface area (Å²) < 4.78 is 0. The van der Waals surface area contributed by atoms with Gasteiger partial charge in [0.05, 0.1) is 5.60 Å². The minimum atomic E-state index is -0.658. The van der Waals surface area contributed by atoms with Crippen LogP contribution in [0.2, 0.25) is 0 Å². The van der Waals surface area contributed by atoms with Crippen molar-refractivity contribution in [3.8, 4) is 0 Å². The Bertz CT molecular complexity index is 59.5. The molecular weight excluding hydrogens is 104 g/mol. The van der Waals surface area contributed by atoms with E-state index in [9.17, 15) is 0 Å². The summed E-state index contributed by atoms with van der Waals surface area (Å²) in [5.41, 5.74) is -0.658. The first kappa shape index (κ1) is 7.92. The van der Waals surface area contributed by atoms with Crippen LogP contribution in [0.15, 0.2) is 0 Å². The topological polar surface area (TPSA) is 40.5 Å². The van der Waals surface area contributed by atoms with E-state index in [0.717, 1.165) is 0 Å². The van der Waals surface area contributed by atoms with Crippen LogP contribution >= 0.6 is 0 Å². The minimum Gasteiger partial charge on any atom is -0.396 e. The molecule has 2 heteroatoms. The van der Waals surface area contributed by atoms with Crippen molar-refractivity contribution in [3.05, 3.63) is 0 Å². The Morgan fingerprint density at radius 2 is 2.00 bits per heavy atom. The average molecular weight is 118 g/mol. The van der Waals surface area contributed by atoms with Gasteiger partial charge in [0.15, 0.2) is 0 Å². The quantitative estimate of drug-likeness (QED) is 0.567. The van der Waals surface area contributed by atoms with E-state index in [4.69, 9.17) is 10.2 Å². The highest BCUT2D eigenvalue weighted by molar-refractivity contribution is 4.68. The van der Waals surface area contributed by atoms with E-state index in [0.29, 0.717) is 12.8 Å². The zero-order chi connectivity index (χ0) is 6.62. The molecule has 0 aliphatic rings. The maximum Gasteiger partial charge on any atom is 0.0639 e. The molecule has 0 amide bonds. The van der Waals surface area contributed by atoms with Crippen molar-refractivity contribution in [2.45, 2.75) is 32.3 Å². The standard InChI is InChI=1S/C6H14O2/c1-3-6(2,8)4-5-7/h7-8H,3-5H2,1-2H3/t6-/m0/s1. The molecule has 0 aromatic rings. The molecule has 0 spiro atoms. The zero-order valence-corrected chi connectivity index (χ0v) is 5.52. The summed E-state index contributed by atoms with van der Waals surface area (Å²) in [7, 11) is 0. The molecule has 0 saturated heterocycles. The Morgan fingerprint density at radius 3 is 2.12 bits per heavy atom. The lowest BCUT2D eigenvalue weighted by Crippen LogP contribution is -2.23. The molecule has 0 rings (SSSR count). The highest BCUT2D eigenvalue weighted by Gasteiger charge is 2.15. The Hall–Kier alpha value is -0.0800. The summed E-state index contributed by atoms with van der Waals surface area (Å²) in [5.74, 6) is 0. The Morgan fingerprint density at radius 1 is 1.50 bits per heavy atom. The van der Waals surface area contributed by atoms with Crippen molar-refractivity contribution in [1.29, 1.82) is 0 Å². The van der Waals surface area contributed by atoms with E-state index in [1.54, 1.807) is 6.92 Å². The number of hydrogen-bond acceptors (Lipinski definition) is 2. The molecule has 2 N–H and O–H groups in total. The van der Waals surface area contributed by atoms with Crippen molar-refractivity contribution < 1.29 is 10.2 Å². The van der Waals surface area contributed by atoms with Gasteiger partial charge in [-0.05, 0) is 19.8 Å². The monoisotopic (exact) mass is 118 g/mol. The second-order valence-electron chi connectivity index (χ2n) is 2.32. The van der Waals surface area contributed by atoms with Gasteiger partial charge in [-0.1, -0.05) is 6.92 Å². The van der Waals surface area contributed by atoms with Gasteiger partial charge in [0.25, 0.3) is 0 Å². The van der Waals surface area contributed by atoms with Gasteiger partial charge in [0, 0.05) is 6.61 Å². The van der Waals surface area contributed by atoms with Crippen molar-refractivity contribution in [2.75, 3.05) is 6.61 Å². The van der Waals surface area contributed by atoms with E-state index in [1.807, 2.05) is 6.92 Å². The molecule has 0 aromatic heterocycles. The first-order chi connectivity index (χ1) is 3.62. The molecule has 0 unspecified atom stereocenters. The Labute approximate surface area is 50.2 Å². The van der Waals surface area contributed by atoms with Crippen LogP contribution in [0.3, 0.4) is 0 Å². The minimum absolute atomic E-state index is 0.0703. The third-order valence-corrected chi connectivity index (χ3v) is 1.41. The fourth-order valence-corrected chi connectivity index (χ4v) is 0.418.